The Hall–Kier alpha value is -3.82. The van der Waals surface area contributed by atoms with E-state index in [-0.39, 0.29) is 14.9 Å². The molecule has 192 valence electrons. The minimum absolute atomic E-state index is 0.0486. The van der Waals surface area contributed by atoms with E-state index in [1.54, 1.807) is 18.5 Å². The number of H-pyrrole nitrogens is 1. The molecule has 4 rings (SSSR count). The third-order valence-corrected chi connectivity index (χ3v) is 8.51. The molecule has 0 saturated heterocycles. The van der Waals surface area contributed by atoms with Crippen LogP contribution in [-0.4, -0.2) is 46.1 Å². The molecule has 37 heavy (non-hydrogen) atoms. The van der Waals surface area contributed by atoms with Crippen LogP contribution in [0.5, 0.6) is 0 Å². The highest BCUT2D eigenvalue weighted by Gasteiger charge is 2.35. The molecule has 2 heterocycles. The van der Waals surface area contributed by atoms with Crippen molar-refractivity contribution < 1.29 is 18.4 Å². The zero-order chi connectivity index (χ0) is 26.7. The number of aliphatic hydroxyl groups is 1. The standard InChI is InChI=1S/C23H23N7O5S2/c1-14-7-9-16(22-25-11-12-26-22)20(18-10-8-15(13-24)36-18)21(14)28-27-17-5-3-4-6-19(17)37(34,35)29(2)23(31)30(32)33/h3-12,23,31H,13,24H2,1-2H3,(H,25,26). The van der Waals surface area contributed by atoms with E-state index in [9.17, 15) is 23.6 Å². The summed E-state index contributed by atoms with van der Waals surface area (Å²) in [7, 11) is -3.56. The molecular formula is C23H23N7O5S2. The van der Waals surface area contributed by atoms with Crippen LogP contribution < -0.4 is 5.73 Å². The lowest BCUT2D eigenvalue weighted by atomic mass is 9.99. The molecule has 1 atom stereocenters. The molecule has 1 unspecified atom stereocenters. The van der Waals surface area contributed by atoms with Crippen LogP contribution in [-0.2, 0) is 16.6 Å². The first-order chi connectivity index (χ1) is 17.6. The number of rotatable bonds is 9. The molecule has 2 aromatic carbocycles. The summed E-state index contributed by atoms with van der Waals surface area (Å²) in [6.45, 7) is 2.23. The number of aryl methyl sites for hydroxylation is 1. The maximum atomic E-state index is 13.0. The predicted molar refractivity (Wildman–Crippen MR) is 139 cm³/mol. The monoisotopic (exact) mass is 541 g/mol. The topological polar surface area (TPSA) is 180 Å². The van der Waals surface area contributed by atoms with Crippen LogP contribution in [0.25, 0.3) is 21.8 Å². The number of benzene rings is 2. The van der Waals surface area contributed by atoms with Gasteiger partial charge in [-0.15, -0.1) is 25.9 Å². The average molecular weight is 542 g/mol. The number of nitrogens with two attached hydrogens (primary N) is 1. The lowest BCUT2D eigenvalue weighted by Crippen LogP contribution is -2.41. The Bertz CT molecular complexity index is 1570. The van der Waals surface area contributed by atoms with Crippen LogP contribution in [0.4, 0.5) is 11.4 Å². The van der Waals surface area contributed by atoms with Crippen LogP contribution >= 0.6 is 11.3 Å². The number of azo groups is 1. The first kappa shape index (κ1) is 26.2. The molecule has 0 bridgehead atoms. The van der Waals surface area contributed by atoms with Crippen molar-refractivity contribution in [3.05, 3.63) is 81.5 Å². The maximum absolute atomic E-state index is 13.0. The molecule has 12 nitrogen and oxygen atoms in total. The summed E-state index contributed by atoms with van der Waals surface area (Å²) in [5.41, 5.74) is 8.55. The number of aliphatic hydroxyl groups excluding tert-OH is 1. The van der Waals surface area contributed by atoms with Crippen molar-refractivity contribution in [3.8, 4) is 21.8 Å². The minimum Gasteiger partial charge on any atom is -0.345 e. The summed E-state index contributed by atoms with van der Waals surface area (Å²) in [5, 5.41) is 29.4. The summed E-state index contributed by atoms with van der Waals surface area (Å²) < 4.78 is 26.4. The molecule has 0 aliphatic carbocycles. The lowest BCUT2D eigenvalue weighted by Gasteiger charge is -2.17. The Kier molecular flexibility index (Phi) is 7.56. The third-order valence-electron chi connectivity index (χ3n) is 5.54. The third kappa shape index (κ3) is 5.19. The van der Waals surface area contributed by atoms with Gasteiger partial charge >= 0.3 is 6.35 Å². The van der Waals surface area contributed by atoms with Gasteiger partial charge in [-0.05, 0) is 36.8 Å². The number of aromatic nitrogens is 2. The average Bonchev–Trinajstić information content (AvgIpc) is 3.59. The molecule has 14 heteroatoms. The Morgan fingerprint density at radius 3 is 2.62 bits per heavy atom. The number of nitro groups is 1. The molecule has 0 amide bonds. The molecule has 2 aromatic heterocycles. The van der Waals surface area contributed by atoms with Crippen LogP contribution in [0.2, 0.25) is 0 Å². The van der Waals surface area contributed by atoms with Gasteiger partial charge in [-0.1, -0.05) is 24.3 Å². The number of aromatic amines is 1. The SMILES string of the molecule is Cc1ccc(-c2ncc[nH]2)c(-c2ccc(CN)s2)c1N=Nc1ccccc1S(=O)(=O)N(C)C(O)[N+](=O)[O-]. The summed E-state index contributed by atoms with van der Waals surface area (Å²) in [4.78, 5) is 18.8. The lowest BCUT2D eigenvalue weighted by molar-refractivity contribution is -0.591. The van der Waals surface area contributed by atoms with Crippen molar-refractivity contribution in [1.29, 1.82) is 0 Å². The van der Waals surface area contributed by atoms with Gasteiger partial charge in [0.1, 0.15) is 16.4 Å². The van der Waals surface area contributed by atoms with E-state index >= 15 is 0 Å². The van der Waals surface area contributed by atoms with Gasteiger partial charge in [0.25, 0.3) is 10.0 Å². The zero-order valence-electron chi connectivity index (χ0n) is 19.8. The van der Waals surface area contributed by atoms with E-state index in [0.717, 1.165) is 33.5 Å². The highest BCUT2D eigenvalue weighted by molar-refractivity contribution is 7.89. The Morgan fingerprint density at radius 1 is 1.22 bits per heavy atom. The smallest absolute Gasteiger partial charge is 0.345 e. The molecule has 0 fully saturated rings. The second-order valence-electron chi connectivity index (χ2n) is 7.88. The van der Waals surface area contributed by atoms with Crippen molar-refractivity contribution in [3.63, 3.8) is 0 Å². The van der Waals surface area contributed by atoms with Gasteiger partial charge in [-0.2, -0.15) is 0 Å². The molecule has 0 spiro atoms. The number of hydrogen-bond donors (Lipinski definition) is 3. The van der Waals surface area contributed by atoms with Gasteiger partial charge in [0.15, 0.2) is 0 Å². The highest BCUT2D eigenvalue weighted by atomic mass is 32.2. The highest BCUT2D eigenvalue weighted by Crippen LogP contribution is 2.44. The predicted octanol–water partition coefficient (Wildman–Crippen LogP) is 4.16. The molecule has 0 radical (unpaired) electrons. The van der Waals surface area contributed by atoms with Crippen LogP contribution in [0, 0.1) is 17.0 Å². The molecule has 4 N–H and O–H groups in total. The number of sulfonamides is 1. The fourth-order valence-electron chi connectivity index (χ4n) is 3.58. The Labute approximate surface area is 216 Å². The Morgan fingerprint density at radius 2 is 1.97 bits per heavy atom. The number of imidazole rings is 1. The van der Waals surface area contributed by atoms with Gasteiger partial charge in [0, 0.05) is 46.9 Å². The quantitative estimate of drug-likeness (QED) is 0.123. The van der Waals surface area contributed by atoms with Crippen LogP contribution in [0.3, 0.4) is 0 Å². The molecule has 0 saturated carbocycles. The van der Waals surface area contributed by atoms with E-state index in [1.807, 2.05) is 31.2 Å². The van der Waals surface area contributed by atoms with Gasteiger partial charge < -0.3 is 15.8 Å². The number of nitrogens with zero attached hydrogens (tertiary/aromatic N) is 5. The van der Waals surface area contributed by atoms with Crippen molar-refractivity contribution >= 4 is 32.7 Å². The van der Waals surface area contributed by atoms with Gasteiger partial charge in [-0.25, -0.2) is 13.4 Å². The van der Waals surface area contributed by atoms with Gasteiger partial charge in [0.05, 0.1) is 10.6 Å². The van der Waals surface area contributed by atoms with E-state index in [0.29, 0.717) is 18.1 Å². The van der Waals surface area contributed by atoms with Gasteiger partial charge in [0.2, 0.25) is 0 Å². The number of nitrogens with one attached hydrogen (secondary N) is 1. The molecular weight excluding hydrogens is 518 g/mol. The fourth-order valence-corrected chi connectivity index (χ4v) is 5.79. The van der Waals surface area contributed by atoms with Crippen molar-refractivity contribution in [2.45, 2.75) is 24.7 Å². The zero-order valence-corrected chi connectivity index (χ0v) is 21.4. The fraction of sp³-hybridized carbons (Fsp3) is 0.174. The summed E-state index contributed by atoms with van der Waals surface area (Å²) in [6, 6.07) is 13.3. The minimum atomic E-state index is -4.47. The maximum Gasteiger partial charge on any atom is 0.389 e. The van der Waals surface area contributed by atoms with Crippen molar-refractivity contribution in [2.75, 3.05) is 7.05 Å². The first-order valence-electron chi connectivity index (χ1n) is 10.9. The first-order valence-corrected chi connectivity index (χ1v) is 13.1. The van der Waals surface area contributed by atoms with Crippen LogP contribution in [0.1, 0.15) is 10.4 Å². The number of thiophene rings is 1. The molecule has 0 aliphatic heterocycles. The largest absolute Gasteiger partial charge is 0.389 e. The van der Waals surface area contributed by atoms with E-state index in [1.165, 1.54) is 29.5 Å². The van der Waals surface area contributed by atoms with Crippen molar-refractivity contribution in [1.82, 2.24) is 14.3 Å². The van der Waals surface area contributed by atoms with Crippen LogP contribution in [0.15, 0.2) is 76.0 Å². The second kappa shape index (κ2) is 10.7. The van der Waals surface area contributed by atoms with Gasteiger partial charge in [-0.3, -0.25) is 10.1 Å². The summed E-state index contributed by atoms with van der Waals surface area (Å²) in [6.07, 6.45) is 0.887. The summed E-state index contributed by atoms with van der Waals surface area (Å²) >= 11 is 1.50. The molecule has 4 aromatic rings. The van der Waals surface area contributed by atoms with Crippen molar-refractivity contribution in [2.24, 2.45) is 16.0 Å². The van der Waals surface area contributed by atoms with E-state index in [2.05, 4.69) is 20.2 Å². The second-order valence-corrected chi connectivity index (χ2v) is 11.0. The van der Waals surface area contributed by atoms with E-state index < -0.39 is 21.3 Å². The summed E-state index contributed by atoms with van der Waals surface area (Å²) in [5.74, 6) is 0.618. The van der Waals surface area contributed by atoms with E-state index in [4.69, 9.17) is 5.73 Å². The normalized spacial score (nSPS) is 12.9. The Balaban J connectivity index is 1.86. The number of hydrogen-bond acceptors (Lipinski definition) is 10. The molecule has 0 aliphatic rings.